The van der Waals surface area contributed by atoms with E-state index in [9.17, 15) is 4.79 Å². The summed E-state index contributed by atoms with van der Waals surface area (Å²) in [5.74, 6) is 1.75. The fraction of sp³-hybridized carbons (Fsp3) is 0.545. The number of ketones is 1. The molecule has 0 aliphatic heterocycles. The molecule has 0 aromatic heterocycles. The summed E-state index contributed by atoms with van der Waals surface area (Å²) in [6.45, 7) is 22.9. The lowest BCUT2D eigenvalue weighted by molar-refractivity contribution is -0.125. The number of aryl methyl sites for hydroxylation is 1. The van der Waals surface area contributed by atoms with Gasteiger partial charge in [0.1, 0.15) is 12.4 Å². The number of allylic oxidation sites excluding steroid dienone is 1. The molecule has 2 aliphatic carbocycles. The molecule has 0 heterocycles. The van der Waals surface area contributed by atoms with Crippen LogP contribution in [-0.4, -0.2) is 5.78 Å². The Kier molecular flexibility index (Phi) is 6.14. The van der Waals surface area contributed by atoms with E-state index in [1.807, 2.05) is 0 Å². The fourth-order valence-electron chi connectivity index (χ4n) is 6.18. The first-order chi connectivity index (χ1) is 16.1. The van der Waals surface area contributed by atoms with E-state index in [4.69, 9.17) is 4.74 Å². The van der Waals surface area contributed by atoms with Crippen molar-refractivity contribution >= 4 is 11.9 Å². The Morgan fingerprint density at radius 2 is 1.49 bits per heavy atom. The summed E-state index contributed by atoms with van der Waals surface area (Å²) in [7, 11) is 0. The van der Waals surface area contributed by atoms with E-state index in [0.29, 0.717) is 18.3 Å². The van der Waals surface area contributed by atoms with Crippen molar-refractivity contribution < 1.29 is 9.53 Å². The summed E-state index contributed by atoms with van der Waals surface area (Å²) in [6.07, 6.45) is 4.28. The molecule has 2 unspecified atom stereocenters. The third kappa shape index (κ3) is 4.39. The van der Waals surface area contributed by atoms with E-state index >= 15 is 0 Å². The average molecular weight is 473 g/mol. The van der Waals surface area contributed by atoms with E-state index in [1.165, 1.54) is 16.7 Å². The van der Waals surface area contributed by atoms with Crippen molar-refractivity contribution in [1.82, 2.24) is 0 Å². The number of fused-ring (bicyclic) bond motifs is 2. The van der Waals surface area contributed by atoms with Crippen LogP contribution in [0, 0.1) is 23.7 Å². The molecule has 0 saturated heterocycles. The smallest absolute Gasteiger partial charge is 0.165 e. The Balaban J connectivity index is 1.58. The van der Waals surface area contributed by atoms with Crippen LogP contribution in [0.2, 0.25) is 0 Å². The highest BCUT2D eigenvalue weighted by molar-refractivity contribution is 6.07. The molecule has 2 atom stereocenters. The Morgan fingerprint density at radius 3 is 1.94 bits per heavy atom. The van der Waals surface area contributed by atoms with Crippen molar-refractivity contribution in [3.63, 3.8) is 0 Å². The van der Waals surface area contributed by atoms with Crippen molar-refractivity contribution in [3.05, 3.63) is 69.8 Å². The summed E-state index contributed by atoms with van der Waals surface area (Å²) >= 11 is 0. The van der Waals surface area contributed by atoms with Crippen LogP contribution in [0.1, 0.15) is 103 Å². The molecule has 2 aliphatic rings. The van der Waals surface area contributed by atoms with Crippen molar-refractivity contribution in [2.24, 2.45) is 16.7 Å². The number of Topliss-reactive ketones (excluding diaryl/α,β-unsaturated/α-hetero) is 1. The first-order valence-electron chi connectivity index (χ1n) is 13.2. The standard InChI is InChI=1S/C33H44O2/c1-21-17-26(30(2,3)4)28(27(18-21)31(5,6)7)35-20-23-13-11-22(12-14-23)19-24-25-15-16-33(10,29(24)34)32(25,8)9/h11-14,17-19,25H,15-16,20H2,1-10H3. The maximum atomic E-state index is 13.2. The average Bonchev–Trinajstić information content (AvgIpc) is 3.05. The van der Waals surface area contributed by atoms with E-state index < -0.39 is 0 Å². The molecule has 188 valence electrons. The number of rotatable bonds is 4. The molecule has 0 radical (unpaired) electrons. The van der Waals surface area contributed by atoms with Crippen LogP contribution in [0.3, 0.4) is 0 Å². The lowest BCUT2D eigenvalue weighted by Gasteiger charge is -2.31. The van der Waals surface area contributed by atoms with Gasteiger partial charge in [0, 0.05) is 16.5 Å². The van der Waals surface area contributed by atoms with Gasteiger partial charge in [-0.15, -0.1) is 0 Å². The SMILES string of the molecule is Cc1cc(C(C)(C)C)c(OCc2ccc(C=C3C(=O)C4(C)CCC3C4(C)C)cc2)c(C(C)(C)C)c1. The Bertz CT molecular complexity index is 1130. The van der Waals surface area contributed by atoms with Crippen LogP contribution >= 0.6 is 0 Å². The highest BCUT2D eigenvalue weighted by atomic mass is 16.5. The Hall–Kier alpha value is -2.35. The third-order valence-corrected chi connectivity index (χ3v) is 8.90. The molecule has 2 saturated carbocycles. The topological polar surface area (TPSA) is 26.3 Å². The zero-order valence-corrected chi connectivity index (χ0v) is 23.6. The van der Waals surface area contributed by atoms with Crippen LogP contribution in [0.15, 0.2) is 42.0 Å². The fourth-order valence-corrected chi connectivity index (χ4v) is 6.18. The van der Waals surface area contributed by atoms with E-state index in [2.05, 4.69) is 112 Å². The molecular weight excluding hydrogens is 428 g/mol. The summed E-state index contributed by atoms with van der Waals surface area (Å²) < 4.78 is 6.56. The highest BCUT2D eigenvalue weighted by Gasteiger charge is 2.63. The molecule has 2 fully saturated rings. The van der Waals surface area contributed by atoms with Crippen LogP contribution < -0.4 is 4.74 Å². The third-order valence-electron chi connectivity index (χ3n) is 8.90. The highest BCUT2D eigenvalue weighted by Crippen LogP contribution is 2.65. The molecule has 35 heavy (non-hydrogen) atoms. The largest absolute Gasteiger partial charge is 0.488 e. The monoisotopic (exact) mass is 472 g/mol. The minimum atomic E-state index is -0.207. The summed E-state index contributed by atoms with van der Waals surface area (Å²) in [5.41, 5.74) is 6.89. The predicted molar refractivity (Wildman–Crippen MR) is 147 cm³/mol. The van der Waals surface area contributed by atoms with Gasteiger partial charge in [0.05, 0.1) is 0 Å². The minimum Gasteiger partial charge on any atom is -0.488 e. The molecular formula is C33H44O2. The summed E-state index contributed by atoms with van der Waals surface area (Å²) in [6, 6.07) is 13.1. The van der Waals surface area contributed by atoms with Crippen LogP contribution in [0.25, 0.3) is 6.08 Å². The summed E-state index contributed by atoms with van der Waals surface area (Å²) in [5, 5.41) is 0. The zero-order chi connectivity index (χ0) is 26.0. The van der Waals surface area contributed by atoms with Crippen molar-refractivity contribution in [3.8, 4) is 5.75 Å². The van der Waals surface area contributed by atoms with Crippen LogP contribution in [0.5, 0.6) is 5.75 Å². The zero-order valence-electron chi connectivity index (χ0n) is 23.6. The maximum Gasteiger partial charge on any atom is 0.165 e. The van der Waals surface area contributed by atoms with Gasteiger partial charge in [-0.1, -0.05) is 104 Å². The molecule has 0 spiro atoms. The van der Waals surface area contributed by atoms with Gasteiger partial charge < -0.3 is 4.74 Å². The Labute approximate surface area is 213 Å². The summed E-state index contributed by atoms with van der Waals surface area (Å²) in [4.78, 5) is 13.2. The number of carbonyl (C=O) groups excluding carboxylic acids is 1. The normalized spacial score (nSPS) is 24.9. The second-order valence-corrected chi connectivity index (χ2v) is 13.8. The Morgan fingerprint density at radius 1 is 0.943 bits per heavy atom. The predicted octanol–water partition coefficient (Wildman–Crippen LogP) is 8.58. The molecule has 2 nitrogen and oxygen atoms in total. The van der Waals surface area contributed by atoms with Crippen molar-refractivity contribution in [1.29, 1.82) is 0 Å². The second-order valence-electron chi connectivity index (χ2n) is 13.8. The van der Waals surface area contributed by atoms with E-state index in [1.54, 1.807) is 0 Å². The van der Waals surface area contributed by atoms with Gasteiger partial charge in [-0.25, -0.2) is 0 Å². The quantitative estimate of drug-likeness (QED) is 0.417. The van der Waals surface area contributed by atoms with Gasteiger partial charge in [-0.2, -0.15) is 0 Å². The molecule has 0 N–H and O–H groups in total. The van der Waals surface area contributed by atoms with E-state index in [-0.39, 0.29) is 21.7 Å². The molecule has 2 heteroatoms. The van der Waals surface area contributed by atoms with Gasteiger partial charge in [0.25, 0.3) is 0 Å². The van der Waals surface area contributed by atoms with Gasteiger partial charge in [0.2, 0.25) is 0 Å². The molecule has 0 amide bonds. The van der Waals surface area contributed by atoms with Crippen LogP contribution in [-0.2, 0) is 22.2 Å². The molecule has 2 aromatic carbocycles. The molecule has 4 rings (SSSR count). The first-order valence-corrected chi connectivity index (χ1v) is 13.2. The van der Waals surface area contributed by atoms with Crippen LogP contribution in [0.4, 0.5) is 0 Å². The van der Waals surface area contributed by atoms with E-state index in [0.717, 1.165) is 35.3 Å². The number of carbonyl (C=O) groups is 1. The van der Waals surface area contributed by atoms with Gasteiger partial charge in [0.15, 0.2) is 5.78 Å². The second kappa shape index (κ2) is 8.36. The maximum absolute atomic E-state index is 13.2. The first kappa shape index (κ1) is 25.7. The van der Waals surface area contributed by atoms with Crippen molar-refractivity contribution in [2.75, 3.05) is 0 Å². The lowest BCUT2D eigenvalue weighted by Crippen LogP contribution is -2.32. The number of benzene rings is 2. The van der Waals surface area contributed by atoms with Crippen molar-refractivity contribution in [2.45, 2.75) is 99.5 Å². The van der Waals surface area contributed by atoms with Gasteiger partial charge >= 0.3 is 0 Å². The number of hydrogen-bond acceptors (Lipinski definition) is 2. The minimum absolute atomic E-state index is 0.00495. The van der Waals surface area contributed by atoms with Gasteiger partial charge in [-0.3, -0.25) is 4.79 Å². The van der Waals surface area contributed by atoms with Gasteiger partial charge in [-0.05, 0) is 64.7 Å². The molecule has 2 aromatic rings. The molecule has 2 bridgehead atoms. The number of hydrogen-bond donors (Lipinski definition) is 0. The lowest BCUT2D eigenvalue weighted by atomic mass is 9.70. The number of ether oxygens (including phenoxy) is 1.